The lowest BCUT2D eigenvalue weighted by Gasteiger charge is -1.83. The highest BCUT2D eigenvalue weighted by molar-refractivity contribution is 7.11. The van der Waals surface area contributed by atoms with Crippen molar-refractivity contribution in [3.05, 3.63) is 33.3 Å². The number of thiophene rings is 1. The Bertz CT molecular complexity index is 283. The van der Waals surface area contributed by atoms with E-state index >= 15 is 0 Å². The van der Waals surface area contributed by atoms with Crippen LogP contribution in [-0.2, 0) is 0 Å². The molecule has 10 heavy (non-hydrogen) atoms. The molecule has 0 radical (unpaired) electrons. The molecule has 0 saturated heterocycles. The molecule has 4 heteroatoms. The van der Waals surface area contributed by atoms with E-state index in [1.165, 1.54) is 11.3 Å². The molecule has 50 valence electrons. The van der Waals surface area contributed by atoms with Crippen LogP contribution in [0.25, 0.3) is 16.5 Å². The largest absolute Gasteiger partial charge is 0.144 e. The highest BCUT2D eigenvalue weighted by Crippen LogP contribution is 2.25. The fourth-order valence-electron chi connectivity index (χ4n) is 0.598. The maximum atomic E-state index is 8.09. The van der Waals surface area contributed by atoms with Gasteiger partial charge in [0.25, 0.3) is 0 Å². The van der Waals surface area contributed by atoms with Gasteiger partial charge in [0.2, 0.25) is 0 Å². The van der Waals surface area contributed by atoms with Gasteiger partial charge in [-0.15, -0.1) is 11.3 Å². The van der Waals surface area contributed by atoms with Crippen LogP contribution in [0.2, 0.25) is 0 Å². The monoisotopic (exact) mass is 151 g/mol. The van der Waals surface area contributed by atoms with Gasteiger partial charge in [0, 0.05) is 9.79 Å². The lowest BCUT2D eigenvalue weighted by molar-refractivity contribution is 1.51. The summed E-state index contributed by atoms with van der Waals surface area (Å²) in [7, 11) is 0. The van der Waals surface area contributed by atoms with Gasteiger partial charge in [-0.2, -0.15) is 0 Å². The lowest BCUT2D eigenvalue weighted by atomic mass is 10.4. The van der Waals surface area contributed by atoms with E-state index in [0.717, 1.165) is 4.88 Å². The first-order valence-corrected chi connectivity index (χ1v) is 3.51. The van der Waals surface area contributed by atoms with Crippen molar-refractivity contribution in [3.63, 3.8) is 0 Å². The number of nitrogens with zero attached hydrogens (tertiary/aromatic N) is 3. The summed E-state index contributed by atoms with van der Waals surface area (Å²) in [6.45, 7) is 3.57. The Labute approximate surface area is 62.2 Å². The summed E-state index contributed by atoms with van der Waals surface area (Å²) in [4.78, 5) is 3.59. The highest BCUT2D eigenvalue weighted by atomic mass is 32.1. The molecule has 1 aromatic heterocycles. The maximum absolute atomic E-state index is 8.09. The minimum absolute atomic E-state index is 0.655. The molecule has 1 rings (SSSR count). The highest BCUT2D eigenvalue weighted by Gasteiger charge is 1.94. The molecule has 0 fully saturated rings. The molecular weight excluding hydrogens is 146 g/mol. The summed E-state index contributed by atoms with van der Waals surface area (Å²) in [5.41, 5.74) is 8.74. The first-order valence-electron chi connectivity index (χ1n) is 2.63. The Morgan fingerprint density at radius 2 is 2.60 bits per heavy atom. The van der Waals surface area contributed by atoms with Crippen LogP contribution in [0.15, 0.2) is 23.1 Å². The van der Waals surface area contributed by atoms with Crippen LogP contribution < -0.4 is 0 Å². The third kappa shape index (κ3) is 1.18. The average Bonchev–Trinajstić information content (AvgIpc) is 2.36. The summed E-state index contributed by atoms with van der Waals surface area (Å²) in [6, 6.07) is 1.77. The normalized spacial score (nSPS) is 8.40. The van der Waals surface area contributed by atoms with Gasteiger partial charge in [0.1, 0.15) is 0 Å². The predicted octanol–water partition coefficient (Wildman–Crippen LogP) is 3.33. The van der Waals surface area contributed by atoms with Crippen LogP contribution in [0.4, 0.5) is 5.69 Å². The number of hydrogen-bond acceptors (Lipinski definition) is 2. The molecule has 1 heterocycles. The van der Waals surface area contributed by atoms with Gasteiger partial charge < -0.3 is 0 Å². The van der Waals surface area contributed by atoms with E-state index in [9.17, 15) is 0 Å². The third-order valence-electron chi connectivity index (χ3n) is 1.01. The quantitative estimate of drug-likeness (QED) is 0.353. The Kier molecular flexibility index (Phi) is 2.10. The van der Waals surface area contributed by atoms with Crippen molar-refractivity contribution in [3.8, 4) is 0 Å². The summed E-state index contributed by atoms with van der Waals surface area (Å²) >= 11 is 1.51. The van der Waals surface area contributed by atoms with Crippen LogP contribution in [-0.4, -0.2) is 0 Å². The molecule has 0 atom stereocenters. The fraction of sp³-hybridized carbons (Fsp3) is 0. The first-order chi connectivity index (χ1) is 4.88. The van der Waals surface area contributed by atoms with Crippen molar-refractivity contribution in [1.29, 1.82) is 0 Å². The van der Waals surface area contributed by atoms with E-state index in [-0.39, 0.29) is 0 Å². The SMILES string of the molecule is C=Cc1sccc1N=[N+]=[N-]. The van der Waals surface area contributed by atoms with E-state index < -0.39 is 0 Å². The van der Waals surface area contributed by atoms with Gasteiger partial charge in [-0.1, -0.05) is 17.8 Å². The Morgan fingerprint density at radius 1 is 1.80 bits per heavy atom. The van der Waals surface area contributed by atoms with E-state index in [1.807, 2.05) is 5.38 Å². The zero-order chi connectivity index (χ0) is 7.40. The number of azide groups is 1. The van der Waals surface area contributed by atoms with Crippen molar-refractivity contribution >= 4 is 23.1 Å². The van der Waals surface area contributed by atoms with Crippen molar-refractivity contribution in [2.75, 3.05) is 0 Å². The van der Waals surface area contributed by atoms with E-state index in [2.05, 4.69) is 16.6 Å². The minimum atomic E-state index is 0.655. The van der Waals surface area contributed by atoms with Crippen molar-refractivity contribution in [2.24, 2.45) is 5.11 Å². The second-order valence-electron chi connectivity index (χ2n) is 1.56. The molecule has 0 spiro atoms. The van der Waals surface area contributed by atoms with Gasteiger partial charge in [-0.05, 0) is 17.0 Å². The Hall–Kier alpha value is -1.25. The molecule has 0 aliphatic heterocycles. The minimum Gasteiger partial charge on any atom is -0.144 e. The van der Waals surface area contributed by atoms with Crippen LogP contribution in [0, 0.1) is 0 Å². The molecule has 0 aliphatic carbocycles. The maximum Gasteiger partial charge on any atom is 0.0555 e. The molecule has 1 aromatic rings. The van der Waals surface area contributed by atoms with E-state index in [0.29, 0.717) is 5.69 Å². The van der Waals surface area contributed by atoms with Crippen LogP contribution in [0.1, 0.15) is 4.88 Å². The summed E-state index contributed by atoms with van der Waals surface area (Å²) in [6.07, 6.45) is 1.68. The van der Waals surface area contributed by atoms with Gasteiger partial charge in [0.05, 0.1) is 5.69 Å². The van der Waals surface area contributed by atoms with E-state index in [1.54, 1.807) is 12.1 Å². The molecule has 0 amide bonds. The average molecular weight is 151 g/mol. The molecule has 0 N–H and O–H groups in total. The van der Waals surface area contributed by atoms with Crippen molar-refractivity contribution in [1.82, 2.24) is 0 Å². The zero-order valence-electron chi connectivity index (χ0n) is 5.19. The molecule has 0 aliphatic rings. The smallest absolute Gasteiger partial charge is 0.0555 e. The van der Waals surface area contributed by atoms with Gasteiger partial charge >= 0.3 is 0 Å². The molecular formula is C6H5N3S. The molecule has 0 bridgehead atoms. The van der Waals surface area contributed by atoms with Crippen LogP contribution in [0.5, 0.6) is 0 Å². The molecule has 0 saturated carbocycles. The zero-order valence-corrected chi connectivity index (χ0v) is 6.01. The van der Waals surface area contributed by atoms with Crippen LogP contribution in [0.3, 0.4) is 0 Å². The predicted molar refractivity (Wildman–Crippen MR) is 43.2 cm³/mol. The second-order valence-corrected chi connectivity index (χ2v) is 2.51. The number of rotatable bonds is 2. The molecule has 0 aromatic carbocycles. The van der Waals surface area contributed by atoms with Gasteiger partial charge in [-0.25, -0.2) is 0 Å². The molecule has 3 nitrogen and oxygen atoms in total. The fourth-order valence-corrected chi connectivity index (χ4v) is 1.27. The number of hydrogen-bond donors (Lipinski definition) is 0. The summed E-state index contributed by atoms with van der Waals surface area (Å²) in [5, 5.41) is 5.32. The Balaban J connectivity index is 3.12. The third-order valence-corrected chi connectivity index (χ3v) is 1.91. The van der Waals surface area contributed by atoms with Crippen molar-refractivity contribution in [2.45, 2.75) is 0 Å². The Morgan fingerprint density at radius 3 is 3.20 bits per heavy atom. The first kappa shape index (κ1) is 6.86. The summed E-state index contributed by atoms with van der Waals surface area (Å²) in [5.74, 6) is 0. The van der Waals surface area contributed by atoms with Gasteiger partial charge in [0.15, 0.2) is 0 Å². The molecule has 0 unspecified atom stereocenters. The van der Waals surface area contributed by atoms with E-state index in [4.69, 9.17) is 5.53 Å². The van der Waals surface area contributed by atoms with Crippen LogP contribution >= 0.6 is 11.3 Å². The topological polar surface area (TPSA) is 48.8 Å². The van der Waals surface area contributed by atoms with Gasteiger partial charge in [-0.3, -0.25) is 0 Å². The standard InChI is InChI=1S/C6H5N3S/c1-2-6-5(8-9-7)3-4-10-6/h2-4H,1H2. The summed E-state index contributed by atoms with van der Waals surface area (Å²) < 4.78 is 0. The van der Waals surface area contributed by atoms with Crippen molar-refractivity contribution < 1.29 is 0 Å². The lowest BCUT2D eigenvalue weighted by Crippen LogP contribution is -1.55. The second kappa shape index (κ2) is 3.06.